The van der Waals surface area contributed by atoms with E-state index in [4.69, 9.17) is 0 Å². The minimum absolute atomic E-state index is 0.163. The molecule has 1 rings (SSSR count). The van der Waals surface area contributed by atoms with E-state index in [9.17, 15) is 31.1 Å². The van der Waals surface area contributed by atoms with E-state index in [-0.39, 0.29) is 17.3 Å². The molecule has 0 N–H and O–H groups in total. The summed E-state index contributed by atoms with van der Waals surface area (Å²) < 4.78 is 77.3. The van der Waals surface area contributed by atoms with Gasteiger partial charge < -0.3 is 4.74 Å². The number of rotatable bonds is 3. The minimum Gasteiger partial charge on any atom is -0.403 e. The molecule has 106 valence electrons. The second-order valence-corrected chi connectivity index (χ2v) is 3.74. The summed E-state index contributed by atoms with van der Waals surface area (Å²) in [7, 11) is 0. The number of ether oxygens (including phenoxy) is 1. The Bertz CT molecular complexity index is 485. The van der Waals surface area contributed by atoms with Gasteiger partial charge in [0, 0.05) is 5.33 Å². The van der Waals surface area contributed by atoms with Gasteiger partial charge >= 0.3 is 12.5 Å². The van der Waals surface area contributed by atoms with Crippen molar-refractivity contribution >= 4 is 22.2 Å². The minimum atomic E-state index is -5.37. The third-order valence-electron chi connectivity index (χ3n) is 1.80. The van der Waals surface area contributed by atoms with Gasteiger partial charge in [-0.1, -0.05) is 15.9 Å². The molecule has 0 aliphatic carbocycles. The fourth-order valence-corrected chi connectivity index (χ4v) is 1.47. The van der Waals surface area contributed by atoms with Crippen LogP contribution in [0.3, 0.4) is 0 Å². The molecule has 0 aromatic carbocycles. The van der Waals surface area contributed by atoms with Crippen molar-refractivity contribution in [3.05, 3.63) is 23.0 Å². The standard InChI is InChI=1S/C9H4BrF6NO2/c10-2-5-1-4(3-18)6(19-9(14,15)16)7(17-5)8(11,12)13/h1,3H,2H2. The number of aldehydes is 1. The molecule has 0 bridgehead atoms. The molecule has 0 saturated heterocycles. The molecule has 0 atom stereocenters. The van der Waals surface area contributed by atoms with Crippen molar-refractivity contribution in [3.8, 4) is 5.75 Å². The van der Waals surface area contributed by atoms with Crippen LogP contribution in [0.2, 0.25) is 0 Å². The van der Waals surface area contributed by atoms with Crippen molar-refractivity contribution in [2.45, 2.75) is 17.9 Å². The van der Waals surface area contributed by atoms with Crippen LogP contribution in [0.25, 0.3) is 0 Å². The van der Waals surface area contributed by atoms with Gasteiger partial charge in [-0.25, -0.2) is 4.98 Å². The molecule has 0 saturated carbocycles. The van der Waals surface area contributed by atoms with Gasteiger partial charge in [-0.2, -0.15) is 13.2 Å². The summed E-state index contributed by atoms with van der Waals surface area (Å²) >= 11 is 2.80. The van der Waals surface area contributed by atoms with Gasteiger partial charge in [0.2, 0.25) is 0 Å². The first-order valence-electron chi connectivity index (χ1n) is 4.46. The molecule has 10 heteroatoms. The van der Waals surface area contributed by atoms with E-state index in [0.29, 0.717) is 0 Å². The number of nitrogens with zero attached hydrogens (tertiary/aromatic N) is 1. The number of hydrogen-bond acceptors (Lipinski definition) is 3. The molecule has 0 spiro atoms. The second kappa shape index (κ2) is 5.35. The highest BCUT2D eigenvalue weighted by molar-refractivity contribution is 9.08. The highest BCUT2D eigenvalue weighted by atomic mass is 79.9. The zero-order chi connectivity index (χ0) is 14.8. The number of carbonyl (C=O) groups excluding carboxylic acids is 1. The SMILES string of the molecule is O=Cc1cc(CBr)nc(C(F)(F)F)c1OC(F)(F)F. The van der Waals surface area contributed by atoms with Gasteiger partial charge in [-0.05, 0) is 6.07 Å². The quantitative estimate of drug-likeness (QED) is 0.473. The van der Waals surface area contributed by atoms with E-state index >= 15 is 0 Å². The summed E-state index contributed by atoms with van der Waals surface area (Å²) in [6, 6.07) is 0.776. The Balaban J connectivity index is 3.51. The summed E-state index contributed by atoms with van der Waals surface area (Å²) in [6.07, 6.45) is -10.7. The van der Waals surface area contributed by atoms with Crippen molar-refractivity contribution in [2.24, 2.45) is 0 Å². The lowest BCUT2D eigenvalue weighted by Gasteiger charge is -2.16. The molecule has 0 unspecified atom stereocenters. The van der Waals surface area contributed by atoms with Crippen molar-refractivity contribution in [1.29, 1.82) is 0 Å². The van der Waals surface area contributed by atoms with Crippen molar-refractivity contribution in [3.63, 3.8) is 0 Å². The summed E-state index contributed by atoms with van der Waals surface area (Å²) in [4.78, 5) is 13.6. The Hall–Kier alpha value is -1.32. The molecule has 0 aliphatic rings. The highest BCUT2D eigenvalue weighted by Crippen LogP contribution is 2.39. The van der Waals surface area contributed by atoms with Crippen LogP contribution in [-0.4, -0.2) is 17.6 Å². The maximum absolute atomic E-state index is 12.6. The number of aromatic nitrogens is 1. The molecule has 0 aliphatic heterocycles. The molecular formula is C9H4BrF6NO2. The zero-order valence-electron chi connectivity index (χ0n) is 8.77. The molecule has 1 heterocycles. The van der Waals surface area contributed by atoms with Crippen LogP contribution < -0.4 is 4.74 Å². The normalized spacial score (nSPS) is 12.4. The molecule has 1 aromatic rings. The number of alkyl halides is 7. The predicted molar refractivity (Wildman–Crippen MR) is 53.9 cm³/mol. The van der Waals surface area contributed by atoms with Gasteiger partial charge in [0.25, 0.3) is 0 Å². The number of carbonyl (C=O) groups is 1. The predicted octanol–water partition coefficient (Wildman–Crippen LogP) is 3.71. The third kappa shape index (κ3) is 4.08. The van der Waals surface area contributed by atoms with Gasteiger partial charge in [-0.15, -0.1) is 13.2 Å². The van der Waals surface area contributed by atoms with Gasteiger partial charge in [-0.3, -0.25) is 4.79 Å². The fourth-order valence-electron chi connectivity index (χ4n) is 1.18. The monoisotopic (exact) mass is 351 g/mol. The molecule has 19 heavy (non-hydrogen) atoms. The average molecular weight is 352 g/mol. The molecule has 0 amide bonds. The topological polar surface area (TPSA) is 39.2 Å². The number of halogens is 7. The van der Waals surface area contributed by atoms with E-state index in [1.165, 1.54) is 0 Å². The first kappa shape index (κ1) is 15.7. The van der Waals surface area contributed by atoms with E-state index < -0.39 is 29.5 Å². The molecule has 0 radical (unpaired) electrons. The Labute approximate surface area is 110 Å². The summed E-state index contributed by atoms with van der Waals surface area (Å²) in [5.41, 5.74) is -3.03. The summed E-state index contributed by atoms with van der Waals surface area (Å²) in [5, 5.41) is -0.163. The van der Waals surface area contributed by atoms with Crippen LogP contribution in [0, 0.1) is 0 Å². The largest absolute Gasteiger partial charge is 0.573 e. The van der Waals surface area contributed by atoms with Gasteiger partial charge in [0.1, 0.15) is 0 Å². The van der Waals surface area contributed by atoms with Crippen molar-refractivity contribution < 1.29 is 35.9 Å². The van der Waals surface area contributed by atoms with Crippen LogP contribution in [0.4, 0.5) is 26.3 Å². The maximum atomic E-state index is 12.6. The molecule has 3 nitrogen and oxygen atoms in total. The summed E-state index contributed by atoms with van der Waals surface area (Å²) in [5.74, 6) is -1.65. The number of hydrogen-bond donors (Lipinski definition) is 0. The Kier molecular flexibility index (Phi) is 4.43. The Morgan fingerprint density at radius 2 is 1.84 bits per heavy atom. The molecule has 1 aromatic heterocycles. The van der Waals surface area contributed by atoms with E-state index in [0.717, 1.165) is 6.07 Å². The second-order valence-electron chi connectivity index (χ2n) is 3.18. The third-order valence-corrected chi connectivity index (χ3v) is 2.38. The van der Waals surface area contributed by atoms with Crippen LogP contribution in [0.15, 0.2) is 6.07 Å². The Morgan fingerprint density at radius 3 is 2.21 bits per heavy atom. The van der Waals surface area contributed by atoms with Crippen LogP contribution in [0.1, 0.15) is 21.7 Å². The lowest BCUT2D eigenvalue weighted by molar-refractivity contribution is -0.276. The summed E-state index contributed by atoms with van der Waals surface area (Å²) in [6.45, 7) is 0. The van der Waals surface area contributed by atoms with Crippen LogP contribution in [-0.2, 0) is 11.5 Å². The number of pyridine rings is 1. The van der Waals surface area contributed by atoms with E-state index in [2.05, 4.69) is 25.7 Å². The van der Waals surface area contributed by atoms with Gasteiger partial charge in [0.15, 0.2) is 17.7 Å². The first-order valence-corrected chi connectivity index (χ1v) is 5.58. The van der Waals surface area contributed by atoms with Gasteiger partial charge in [0.05, 0.1) is 11.3 Å². The lowest BCUT2D eigenvalue weighted by atomic mass is 10.1. The zero-order valence-corrected chi connectivity index (χ0v) is 10.4. The van der Waals surface area contributed by atoms with E-state index in [1.54, 1.807) is 0 Å². The first-order chi connectivity index (χ1) is 8.58. The Morgan fingerprint density at radius 1 is 1.26 bits per heavy atom. The highest BCUT2D eigenvalue weighted by Gasteiger charge is 2.42. The lowest BCUT2D eigenvalue weighted by Crippen LogP contribution is -2.22. The van der Waals surface area contributed by atoms with Crippen LogP contribution in [0.5, 0.6) is 5.75 Å². The van der Waals surface area contributed by atoms with Crippen molar-refractivity contribution in [2.75, 3.05) is 0 Å². The van der Waals surface area contributed by atoms with E-state index in [1.807, 2.05) is 0 Å². The van der Waals surface area contributed by atoms with Crippen molar-refractivity contribution in [1.82, 2.24) is 4.98 Å². The molecule has 0 fully saturated rings. The van der Waals surface area contributed by atoms with Crippen LogP contribution >= 0.6 is 15.9 Å². The molecular weight excluding hydrogens is 348 g/mol. The average Bonchev–Trinajstić information content (AvgIpc) is 2.25. The fraction of sp³-hybridized carbons (Fsp3) is 0.333. The smallest absolute Gasteiger partial charge is 0.403 e. The maximum Gasteiger partial charge on any atom is 0.573 e.